The van der Waals surface area contributed by atoms with Crippen LogP contribution in [-0.4, -0.2) is 28.8 Å². The number of esters is 1. The van der Waals surface area contributed by atoms with Crippen LogP contribution in [-0.2, 0) is 9.47 Å². The molecule has 0 saturated heterocycles. The van der Waals surface area contributed by atoms with Gasteiger partial charge in [0.1, 0.15) is 22.8 Å². The van der Waals surface area contributed by atoms with Gasteiger partial charge >= 0.3 is 12.1 Å². The Balaban J connectivity index is 2.34. The maximum absolute atomic E-state index is 14.9. The lowest BCUT2D eigenvalue weighted by molar-refractivity contribution is 0.0523. The van der Waals surface area contributed by atoms with Crippen LogP contribution in [0.2, 0.25) is 0 Å². The molecule has 12 heteroatoms. The van der Waals surface area contributed by atoms with E-state index >= 15 is 0 Å². The van der Waals surface area contributed by atoms with Crippen LogP contribution >= 0.6 is 0 Å². The molecule has 186 valence electrons. The van der Waals surface area contributed by atoms with Crippen molar-refractivity contribution in [1.29, 1.82) is 0 Å². The lowest BCUT2D eigenvalue weighted by atomic mass is 10.1. The van der Waals surface area contributed by atoms with Gasteiger partial charge in [0, 0.05) is 12.3 Å². The van der Waals surface area contributed by atoms with Gasteiger partial charge in [-0.1, -0.05) is 0 Å². The van der Waals surface area contributed by atoms with Gasteiger partial charge in [0.2, 0.25) is 5.43 Å². The molecule has 1 heterocycles. The molecule has 1 aromatic heterocycles. The minimum absolute atomic E-state index is 0.169. The highest BCUT2D eigenvalue weighted by molar-refractivity contribution is 5.94. The SMILES string of the molecule is CCOC(=O)c1cn(-c2cc(NC(=O)OC(C)(C)C)c(F)cc2F)c2c(F)c(F)c(F)cc2c1=O. The van der Waals surface area contributed by atoms with Crippen molar-refractivity contribution in [3.8, 4) is 5.69 Å². The average molecular weight is 498 g/mol. The molecule has 0 saturated carbocycles. The zero-order valence-corrected chi connectivity index (χ0v) is 18.9. The number of pyridine rings is 1. The van der Waals surface area contributed by atoms with Crippen molar-refractivity contribution in [1.82, 2.24) is 4.57 Å². The van der Waals surface area contributed by atoms with Gasteiger partial charge in [-0.2, -0.15) is 0 Å². The number of carbonyl (C=O) groups excluding carboxylic acids is 2. The van der Waals surface area contributed by atoms with Gasteiger partial charge < -0.3 is 14.0 Å². The molecule has 3 rings (SSSR count). The summed E-state index contributed by atoms with van der Waals surface area (Å²) < 4.78 is 82.3. The summed E-state index contributed by atoms with van der Waals surface area (Å²) in [6.07, 6.45) is -0.457. The maximum Gasteiger partial charge on any atom is 0.412 e. The molecule has 1 amide bonds. The van der Waals surface area contributed by atoms with E-state index in [0.717, 1.165) is 0 Å². The second kappa shape index (κ2) is 9.35. The molecular weight excluding hydrogens is 479 g/mol. The highest BCUT2D eigenvalue weighted by atomic mass is 19.2. The Labute approximate surface area is 195 Å². The van der Waals surface area contributed by atoms with E-state index in [1.54, 1.807) is 20.8 Å². The highest BCUT2D eigenvalue weighted by Crippen LogP contribution is 2.29. The Kier molecular flexibility index (Phi) is 6.86. The maximum atomic E-state index is 14.9. The van der Waals surface area contributed by atoms with Crippen LogP contribution < -0.4 is 10.7 Å². The van der Waals surface area contributed by atoms with Gasteiger partial charge in [0.25, 0.3) is 0 Å². The fourth-order valence-corrected chi connectivity index (χ4v) is 3.17. The van der Waals surface area contributed by atoms with Crippen LogP contribution in [0.1, 0.15) is 38.1 Å². The number of nitrogens with one attached hydrogen (secondary N) is 1. The molecule has 0 bridgehead atoms. The van der Waals surface area contributed by atoms with Gasteiger partial charge in [-0.05, 0) is 39.8 Å². The van der Waals surface area contributed by atoms with Crippen molar-refractivity contribution in [2.24, 2.45) is 0 Å². The summed E-state index contributed by atoms with van der Waals surface area (Å²) in [5.74, 6) is -9.35. The molecule has 0 aliphatic carbocycles. The van der Waals surface area contributed by atoms with E-state index in [4.69, 9.17) is 9.47 Å². The molecular formula is C23H19F5N2O5. The number of hydrogen-bond acceptors (Lipinski definition) is 5. The Morgan fingerprint density at radius 1 is 0.971 bits per heavy atom. The Hall–Kier alpha value is -3.96. The van der Waals surface area contributed by atoms with E-state index in [0.29, 0.717) is 29.0 Å². The molecule has 35 heavy (non-hydrogen) atoms. The second-order valence-electron chi connectivity index (χ2n) is 8.26. The molecule has 0 aliphatic rings. The number of carbonyl (C=O) groups is 2. The van der Waals surface area contributed by atoms with Crippen LogP contribution in [0.4, 0.5) is 32.4 Å². The number of hydrogen-bond donors (Lipinski definition) is 1. The molecule has 0 radical (unpaired) electrons. The first kappa shape index (κ1) is 25.7. The first-order valence-electron chi connectivity index (χ1n) is 10.1. The highest BCUT2D eigenvalue weighted by Gasteiger charge is 2.26. The molecule has 3 aromatic rings. The van der Waals surface area contributed by atoms with Gasteiger partial charge in [0.15, 0.2) is 17.5 Å². The Bertz CT molecular complexity index is 1410. The number of rotatable bonds is 4. The van der Waals surface area contributed by atoms with Crippen molar-refractivity contribution in [3.63, 3.8) is 0 Å². The number of ether oxygens (including phenoxy) is 2. The zero-order valence-electron chi connectivity index (χ0n) is 18.9. The lowest BCUT2D eigenvalue weighted by Crippen LogP contribution is -2.27. The molecule has 0 atom stereocenters. The van der Waals surface area contributed by atoms with Crippen molar-refractivity contribution in [3.05, 3.63) is 69.3 Å². The van der Waals surface area contributed by atoms with E-state index in [-0.39, 0.29) is 6.61 Å². The molecule has 7 nitrogen and oxygen atoms in total. The van der Waals surface area contributed by atoms with Crippen molar-refractivity contribution in [2.45, 2.75) is 33.3 Å². The van der Waals surface area contributed by atoms with Crippen molar-refractivity contribution in [2.75, 3.05) is 11.9 Å². The smallest absolute Gasteiger partial charge is 0.412 e. The van der Waals surface area contributed by atoms with E-state index in [9.17, 15) is 36.3 Å². The third-order valence-corrected chi connectivity index (χ3v) is 4.55. The predicted molar refractivity (Wildman–Crippen MR) is 115 cm³/mol. The number of aromatic nitrogens is 1. The average Bonchev–Trinajstić information content (AvgIpc) is 2.73. The first-order chi connectivity index (χ1) is 16.2. The molecule has 0 fully saturated rings. The van der Waals surface area contributed by atoms with Crippen LogP contribution in [0, 0.1) is 29.1 Å². The number of halogens is 5. The van der Waals surface area contributed by atoms with Gasteiger partial charge in [-0.3, -0.25) is 10.1 Å². The largest absolute Gasteiger partial charge is 0.462 e. The number of fused-ring (bicyclic) bond motifs is 1. The Morgan fingerprint density at radius 3 is 2.23 bits per heavy atom. The van der Waals surface area contributed by atoms with E-state index in [1.165, 1.54) is 6.92 Å². The van der Waals surface area contributed by atoms with Crippen LogP contribution in [0.25, 0.3) is 16.6 Å². The summed E-state index contributed by atoms with van der Waals surface area (Å²) in [5.41, 5.74) is -5.19. The van der Waals surface area contributed by atoms with Gasteiger partial charge in [-0.15, -0.1) is 0 Å². The first-order valence-corrected chi connectivity index (χ1v) is 10.1. The standard InChI is InChI=1S/C23H19F5N2O5/c1-5-34-21(32)11-9-30(19-10(20(11)31)6-14(26)17(27)18(19)28)16-8-15(12(24)7-13(16)25)29-22(33)35-23(2,3)4/h6-9H,5H2,1-4H3,(H,29,33). The van der Waals surface area contributed by atoms with E-state index in [2.05, 4.69) is 5.32 Å². The quantitative estimate of drug-likeness (QED) is 0.303. The lowest BCUT2D eigenvalue weighted by Gasteiger charge is -2.20. The third kappa shape index (κ3) is 5.10. The van der Waals surface area contributed by atoms with E-state index < -0.39 is 80.0 Å². The fraction of sp³-hybridized carbons (Fsp3) is 0.261. The van der Waals surface area contributed by atoms with Crippen molar-refractivity contribution >= 4 is 28.7 Å². The van der Waals surface area contributed by atoms with Crippen LogP contribution in [0.15, 0.2) is 29.2 Å². The third-order valence-electron chi connectivity index (χ3n) is 4.55. The normalized spacial score (nSPS) is 11.5. The van der Waals surface area contributed by atoms with Crippen LogP contribution in [0.5, 0.6) is 0 Å². The molecule has 2 aromatic carbocycles. The summed E-state index contributed by atoms with van der Waals surface area (Å²) in [6.45, 7) is 5.88. The summed E-state index contributed by atoms with van der Waals surface area (Å²) in [7, 11) is 0. The summed E-state index contributed by atoms with van der Waals surface area (Å²) in [6, 6.07) is 1.37. The predicted octanol–water partition coefficient (Wildman–Crippen LogP) is 5.21. The van der Waals surface area contributed by atoms with E-state index in [1.807, 2.05) is 0 Å². The van der Waals surface area contributed by atoms with Gasteiger partial charge in [0.05, 0.1) is 28.9 Å². The second-order valence-corrected chi connectivity index (χ2v) is 8.26. The van der Waals surface area contributed by atoms with Gasteiger partial charge in [-0.25, -0.2) is 31.5 Å². The summed E-state index contributed by atoms with van der Waals surface area (Å²) >= 11 is 0. The number of amides is 1. The molecule has 0 unspecified atom stereocenters. The molecule has 0 spiro atoms. The van der Waals surface area contributed by atoms with Crippen LogP contribution in [0.3, 0.4) is 0 Å². The minimum atomic E-state index is -1.97. The fourth-order valence-electron chi connectivity index (χ4n) is 3.17. The molecule has 0 aliphatic heterocycles. The van der Waals surface area contributed by atoms with Crippen molar-refractivity contribution < 1.29 is 41.0 Å². The topological polar surface area (TPSA) is 86.6 Å². The molecule has 1 N–H and O–H groups in total. The number of benzene rings is 2. The summed E-state index contributed by atoms with van der Waals surface area (Å²) in [4.78, 5) is 37.1. The number of nitrogens with zero attached hydrogens (tertiary/aromatic N) is 1. The summed E-state index contributed by atoms with van der Waals surface area (Å²) in [5, 5.41) is 1.25. The number of anilines is 1. The monoisotopic (exact) mass is 498 g/mol. The zero-order chi connectivity index (χ0) is 26.2. The minimum Gasteiger partial charge on any atom is -0.462 e. The Morgan fingerprint density at radius 2 is 1.63 bits per heavy atom.